The lowest BCUT2D eigenvalue weighted by atomic mass is 9.99. The van der Waals surface area contributed by atoms with Gasteiger partial charge in [-0.05, 0) is 63.2 Å². The van der Waals surface area contributed by atoms with E-state index in [9.17, 15) is 43.2 Å². The number of aliphatic hydroxyl groups excluding tert-OH is 1. The summed E-state index contributed by atoms with van der Waals surface area (Å²) >= 11 is 0. The summed E-state index contributed by atoms with van der Waals surface area (Å²) in [6.45, 7) is 9.36. The van der Waals surface area contributed by atoms with Crippen molar-refractivity contribution in [1.82, 2.24) is 0 Å². The van der Waals surface area contributed by atoms with Crippen molar-refractivity contribution in [1.29, 1.82) is 0 Å². The Bertz CT molecular complexity index is 1780. The van der Waals surface area contributed by atoms with E-state index in [2.05, 4.69) is 65.8 Å². The van der Waals surface area contributed by atoms with E-state index in [1.54, 1.807) is 0 Å². The van der Waals surface area contributed by atoms with Crippen molar-refractivity contribution >= 4 is 39.5 Å². The number of rotatable bonds is 64. The van der Waals surface area contributed by atoms with Gasteiger partial charge in [-0.15, -0.1) is 0 Å². The number of phosphoric ester groups is 2. The number of unbranched alkanes of at least 4 members (excludes halogenated alkanes) is 30. The average Bonchev–Trinajstić information content (AvgIpc) is 3.55. The van der Waals surface area contributed by atoms with Crippen molar-refractivity contribution in [3.05, 3.63) is 24.3 Å². The van der Waals surface area contributed by atoms with Gasteiger partial charge < -0.3 is 33.8 Å². The van der Waals surface area contributed by atoms with Gasteiger partial charge in [0.1, 0.15) is 19.3 Å². The second-order valence-electron chi connectivity index (χ2n) is 24.2. The fraction of sp³-hybridized carbons (Fsp3) is 0.881. The molecule has 0 rings (SSSR count). The summed E-state index contributed by atoms with van der Waals surface area (Å²) < 4.78 is 67.9. The Morgan fingerprint density at radius 3 is 1.05 bits per heavy atom. The fourth-order valence-corrected chi connectivity index (χ4v) is 11.1. The minimum absolute atomic E-state index is 0.0846. The maximum Gasteiger partial charge on any atom is 0.472 e. The highest BCUT2D eigenvalue weighted by Crippen LogP contribution is 2.45. The maximum atomic E-state index is 13.0. The predicted molar refractivity (Wildman–Crippen MR) is 344 cm³/mol. The lowest BCUT2D eigenvalue weighted by Crippen LogP contribution is -2.30. The first kappa shape index (κ1) is 83.5. The Hall–Kier alpha value is -2.46. The highest BCUT2D eigenvalue weighted by atomic mass is 31.2. The van der Waals surface area contributed by atoms with Crippen molar-refractivity contribution in [2.75, 3.05) is 39.6 Å². The van der Waals surface area contributed by atoms with E-state index < -0.39 is 97.5 Å². The molecule has 0 heterocycles. The van der Waals surface area contributed by atoms with Crippen LogP contribution in [0, 0.1) is 11.8 Å². The Balaban J connectivity index is 5.22. The van der Waals surface area contributed by atoms with Crippen LogP contribution in [0.5, 0.6) is 0 Å². The second kappa shape index (κ2) is 58.9. The molecular formula is C67H126O17P2. The largest absolute Gasteiger partial charge is 0.472 e. The molecule has 0 radical (unpaired) electrons. The number of phosphoric acid groups is 2. The molecule has 17 nitrogen and oxygen atoms in total. The molecule has 0 bridgehead atoms. The van der Waals surface area contributed by atoms with Gasteiger partial charge in [0.05, 0.1) is 26.4 Å². The van der Waals surface area contributed by atoms with Crippen LogP contribution in [0.1, 0.15) is 311 Å². The zero-order valence-corrected chi connectivity index (χ0v) is 56.9. The van der Waals surface area contributed by atoms with Crippen LogP contribution >= 0.6 is 15.6 Å². The maximum absolute atomic E-state index is 13.0. The zero-order valence-electron chi connectivity index (χ0n) is 55.1. The van der Waals surface area contributed by atoms with E-state index in [4.69, 9.17) is 37.0 Å². The van der Waals surface area contributed by atoms with E-state index in [1.807, 2.05) is 0 Å². The number of aliphatic hydroxyl groups is 1. The van der Waals surface area contributed by atoms with Crippen LogP contribution in [0.2, 0.25) is 0 Å². The summed E-state index contributed by atoms with van der Waals surface area (Å²) in [5.74, 6) is -0.635. The molecule has 19 heteroatoms. The minimum Gasteiger partial charge on any atom is -0.462 e. The molecule has 0 spiro atoms. The molecule has 0 aromatic rings. The molecule has 506 valence electrons. The van der Waals surface area contributed by atoms with Crippen molar-refractivity contribution in [2.24, 2.45) is 11.8 Å². The van der Waals surface area contributed by atoms with Gasteiger partial charge in [0, 0.05) is 25.7 Å². The van der Waals surface area contributed by atoms with Gasteiger partial charge in [0.25, 0.3) is 0 Å². The summed E-state index contributed by atoms with van der Waals surface area (Å²) in [4.78, 5) is 72.1. The molecule has 0 aromatic heterocycles. The van der Waals surface area contributed by atoms with Crippen LogP contribution < -0.4 is 0 Å². The number of ether oxygens (including phenoxy) is 4. The van der Waals surface area contributed by atoms with E-state index >= 15 is 0 Å². The first-order valence-corrected chi connectivity index (χ1v) is 37.3. The van der Waals surface area contributed by atoms with Crippen LogP contribution in [0.15, 0.2) is 24.3 Å². The van der Waals surface area contributed by atoms with Gasteiger partial charge in [0.2, 0.25) is 0 Å². The van der Waals surface area contributed by atoms with Crippen LogP contribution in [0.4, 0.5) is 0 Å². The lowest BCUT2D eigenvalue weighted by molar-refractivity contribution is -0.161. The van der Waals surface area contributed by atoms with E-state index in [1.165, 1.54) is 109 Å². The van der Waals surface area contributed by atoms with Crippen molar-refractivity contribution in [3.8, 4) is 0 Å². The third-order valence-electron chi connectivity index (χ3n) is 15.2. The van der Waals surface area contributed by atoms with Gasteiger partial charge in [-0.3, -0.25) is 37.3 Å². The first-order valence-electron chi connectivity index (χ1n) is 34.3. The highest BCUT2D eigenvalue weighted by molar-refractivity contribution is 7.47. The molecule has 0 fully saturated rings. The SMILES string of the molecule is CCCCCC/C=C\C=C/CCCCCCCC(=O)O[C@H](COC(=O)CCCCCCCCCCCCCC(C)C)COP(=O)(O)OC[C@@H](O)COP(=O)(O)OC[C@@H](COC(=O)CCCCCCC)OC(=O)CCCCCCCCCCC(C)CC. The van der Waals surface area contributed by atoms with Crippen molar-refractivity contribution < 1.29 is 80.2 Å². The number of hydrogen-bond donors (Lipinski definition) is 3. The number of carbonyl (C=O) groups is 4. The molecule has 0 amide bonds. The van der Waals surface area contributed by atoms with Crippen LogP contribution in [-0.2, 0) is 65.4 Å². The molecule has 3 unspecified atom stereocenters. The second-order valence-corrected chi connectivity index (χ2v) is 27.1. The Morgan fingerprint density at radius 1 is 0.384 bits per heavy atom. The number of carbonyl (C=O) groups excluding carboxylic acids is 4. The summed E-state index contributed by atoms with van der Waals surface area (Å²) in [5.41, 5.74) is 0. The van der Waals surface area contributed by atoms with Crippen LogP contribution in [0.3, 0.4) is 0 Å². The summed E-state index contributed by atoms with van der Waals surface area (Å²) in [7, 11) is -9.90. The van der Waals surface area contributed by atoms with Gasteiger partial charge >= 0.3 is 39.5 Å². The Kier molecular flexibility index (Phi) is 57.2. The summed E-state index contributed by atoms with van der Waals surface area (Å²) in [6, 6.07) is 0. The number of allylic oxidation sites excluding steroid dienone is 4. The average molecular weight is 1270 g/mol. The third-order valence-corrected chi connectivity index (χ3v) is 17.1. The van der Waals surface area contributed by atoms with Gasteiger partial charge in [-0.25, -0.2) is 9.13 Å². The Morgan fingerprint density at radius 2 is 0.686 bits per heavy atom. The predicted octanol–water partition coefficient (Wildman–Crippen LogP) is 18.4. The van der Waals surface area contributed by atoms with E-state index in [0.717, 1.165) is 121 Å². The quantitative estimate of drug-likeness (QED) is 0.0169. The van der Waals surface area contributed by atoms with Gasteiger partial charge in [-0.1, -0.05) is 258 Å². The molecule has 0 saturated carbocycles. The van der Waals surface area contributed by atoms with Gasteiger partial charge in [0.15, 0.2) is 12.2 Å². The molecule has 0 aliphatic heterocycles. The van der Waals surface area contributed by atoms with Crippen LogP contribution in [0.25, 0.3) is 0 Å². The van der Waals surface area contributed by atoms with Crippen molar-refractivity contribution in [3.63, 3.8) is 0 Å². The highest BCUT2D eigenvalue weighted by Gasteiger charge is 2.30. The molecule has 6 atom stereocenters. The third kappa shape index (κ3) is 59.2. The summed E-state index contributed by atoms with van der Waals surface area (Å²) in [6.07, 6.45) is 45.6. The van der Waals surface area contributed by atoms with Gasteiger partial charge in [-0.2, -0.15) is 0 Å². The Labute approximate surface area is 522 Å². The summed E-state index contributed by atoms with van der Waals surface area (Å²) in [5, 5.41) is 10.5. The lowest BCUT2D eigenvalue weighted by Gasteiger charge is -2.21. The van der Waals surface area contributed by atoms with E-state index in [-0.39, 0.29) is 25.7 Å². The number of hydrogen-bond acceptors (Lipinski definition) is 15. The molecule has 0 aliphatic rings. The topological polar surface area (TPSA) is 237 Å². The first-order chi connectivity index (χ1) is 41.4. The molecule has 3 N–H and O–H groups in total. The molecule has 86 heavy (non-hydrogen) atoms. The van der Waals surface area contributed by atoms with Crippen molar-refractivity contribution in [2.45, 2.75) is 330 Å². The molecule has 0 saturated heterocycles. The number of esters is 4. The standard InChI is InChI=1S/C67H126O17P2/c1-7-10-12-14-15-16-17-18-19-20-23-27-33-39-45-51-66(71)84-63(56-78-65(70)50-44-38-32-26-24-21-22-25-30-36-41-47-59(4)5)58-82-86(75,76)80-54-61(68)53-79-85(73,74)81-57-62(55-77-64(69)49-43-35-13-11-8-2)83-67(72)52-46-40-34-29-28-31-37-42-48-60(6)9-3/h16-19,59-63,68H,7-15,20-58H2,1-6H3,(H,73,74)(H,75,76)/b17-16-,19-18-/t60?,61-,62+,63+/m0/s1. The molecular weight excluding hydrogens is 1140 g/mol. The monoisotopic (exact) mass is 1260 g/mol. The molecule has 0 aliphatic carbocycles. The fourth-order valence-electron chi connectivity index (χ4n) is 9.49. The minimum atomic E-state index is -4.96. The normalized spacial score (nSPS) is 14.7. The van der Waals surface area contributed by atoms with Crippen LogP contribution in [-0.4, -0.2) is 96.7 Å². The van der Waals surface area contributed by atoms with E-state index in [0.29, 0.717) is 25.7 Å². The smallest absolute Gasteiger partial charge is 0.462 e. The molecule has 0 aromatic carbocycles. The zero-order chi connectivity index (χ0) is 63.6.